The Kier molecular flexibility index (Phi) is 3.70. The first kappa shape index (κ1) is 12.7. The molecule has 0 saturated heterocycles. The molecule has 0 aliphatic rings. The van der Waals surface area contributed by atoms with Crippen LogP contribution in [0.2, 0.25) is 0 Å². The Bertz CT molecular complexity index is 523. The van der Waals surface area contributed by atoms with Crippen molar-refractivity contribution in [2.75, 3.05) is 5.73 Å². The maximum atomic E-state index is 6.22. The van der Waals surface area contributed by atoms with Gasteiger partial charge in [0.05, 0.1) is 0 Å². The van der Waals surface area contributed by atoms with Gasteiger partial charge >= 0.3 is 0 Å². The monoisotopic (exact) mass is 243 g/mol. The molecule has 2 rings (SSSR count). The standard InChI is InChI=1S/C15H21N3/c1-4-6-13-17-14(15(16)18(13)5-2)12-9-7-11(3)8-10-12/h7-10H,4-6,16H2,1-3H3. The zero-order valence-electron chi connectivity index (χ0n) is 11.4. The average Bonchev–Trinajstić information content (AvgIpc) is 2.67. The minimum Gasteiger partial charge on any atom is -0.383 e. The number of nitrogen functional groups attached to an aromatic ring is 1. The van der Waals surface area contributed by atoms with Crippen LogP contribution in [0.3, 0.4) is 0 Å². The average molecular weight is 243 g/mol. The highest BCUT2D eigenvalue weighted by Crippen LogP contribution is 2.27. The molecule has 0 fully saturated rings. The second kappa shape index (κ2) is 5.25. The Morgan fingerprint density at radius 2 is 1.83 bits per heavy atom. The normalized spacial score (nSPS) is 10.8. The van der Waals surface area contributed by atoms with Crippen molar-refractivity contribution in [1.82, 2.24) is 9.55 Å². The van der Waals surface area contributed by atoms with Crippen molar-refractivity contribution in [2.24, 2.45) is 0 Å². The molecule has 0 atom stereocenters. The van der Waals surface area contributed by atoms with Gasteiger partial charge in [0.15, 0.2) is 0 Å². The molecule has 3 nitrogen and oxygen atoms in total. The predicted octanol–water partition coefficient (Wildman–Crippen LogP) is 3.41. The first-order valence-electron chi connectivity index (χ1n) is 6.59. The van der Waals surface area contributed by atoms with Crippen LogP contribution < -0.4 is 5.73 Å². The third-order valence-corrected chi connectivity index (χ3v) is 3.20. The van der Waals surface area contributed by atoms with E-state index in [4.69, 9.17) is 10.7 Å². The van der Waals surface area contributed by atoms with Gasteiger partial charge < -0.3 is 10.3 Å². The van der Waals surface area contributed by atoms with Gasteiger partial charge in [-0.1, -0.05) is 36.8 Å². The Labute approximate surface area is 109 Å². The van der Waals surface area contributed by atoms with Gasteiger partial charge in [0, 0.05) is 18.5 Å². The van der Waals surface area contributed by atoms with E-state index in [1.807, 2.05) is 0 Å². The smallest absolute Gasteiger partial charge is 0.131 e. The van der Waals surface area contributed by atoms with E-state index in [-0.39, 0.29) is 0 Å². The van der Waals surface area contributed by atoms with Gasteiger partial charge in [-0.3, -0.25) is 0 Å². The number of anilines is 1. The predicted molar refractivity (Wildman–Crippen MR) is 76.5 cm³/mol. The van der Waals surface area contributed by atoms with Crippen LogP contribution in [0, 0.1) is 6.92 Å². The van der Waals surface area contributed by atoms with E-state index >= 15 is 0 Å². The Morgan fingerprint density at radius 1 is 1.17 bits per heavy atom. The lowest BCUT2D eigenvalue weighted by molar-refractivity contribution is 0.690. The number of nitrogens with zero attached hydrogens (tertiary/aromatic N) is 2. The molecule has 0 bridgehead atoms. The fraction of sp³-hybridized carbons (Fsp3) is 0.400. The minimum atomic E-state index is 0.782. The maximum absolute atomic E-state index is 6.22. The third-order valence-electron chi connectivity index (χ3n) is 3.20. The lowest BCUT2D eigenvalue weighted by Crippen LogP contribution is -2.05. The molecule has 0 spiro atoms. The summed E-state index contributed by atoms with van der Waals surface area (Å²) in [6.07, 6.45) is 2.06. The van der Waals surface area contributed by atoms with Crippen LogP contribution in [0.15, 0.2) is 24.3 Å². The third kappa shape index (κ3) is 2.26. The van der Waals surface area contributed by atoms with Crippen LogP contribution in [0.5, 0.6) is 0 Å². The van der Waals surface area contributed by atoms with E-state index in [1.165, 1.54) is 5.56 Å². The summed E-state index contributed by atoms with van der Waals surface area (Å²) in [5.41, 5.74) is 9.48. The molecule has 2 N–H and O–H groups in total. The highest BCUT2D eigenvalue weighted by molar-refractivity contribution is 5.71. The SMILES string of the molecule is CCCc1nc(-c2ccc(C)cc2)c(N)n1CC. The van der Waals surface area contributed by atoms with E-state index in [0.717, 1.165) is 42.3 Å². The summed E-state index contributed by atoms with van der Waals surface area (Å²) in [5, 5.41) is 0. The maximum Gasteiger partial charge on any atom is 0.131 e. The van der Waals surface area contributed by atoms with Crippen LogP contribution in [-0.2, 0) is 13.0 Å². The molecule has 1 aromatic heterocycles. The summed E-state index contributed by atoms with van der Waals surface area (Å²) in [5.74, 6) is 1.87. The second-order valence-corrected chi connectivity index (χ2v) is 4.62. The van der Waals surface area contributed by atoms with Crippen LogP contribution >= 0.6 is 0 Å². The number of rotatable bonds is 4. The summed E-state index contributed by atoms with van der Waals surface area (Å²) >= 11 is 0. The number of aromatic nitrogens is 2. The topological polar surface area (TPSA) is 43.8 Å². The van der Waals surface area contributed by atoms with E-state index in [1.54, 1.807) is 0 Å². The molecule has 0 unspecified atom stereocenters. The molecule has 0 radical (unpaired) electrons. The fourth-order valence-corrected chi connectivity index (χ4v) is 2.20. The lowest BCUT2D eigenvalue weighted by Gasteiger charge is -2.05. The van der Waals surface area contributed by atoms with Crippen LogP contribution in [0.25, 0.3) is 11.3 Å². The van der Waals surface area contributed by atoms with Crippen molar-refractivity contribution < 1.29 is 0 Å². The summed E-state index contributed by atoms with van der Waals surface area (Å²) in [6, 6.07) is 8.37. The van der Waals surface area contributed by atoms with Crippen molar-refractivity contribution in [3.05, 3.63) is 35.7 Å². The quantitative estimate of drug-likeness (QED) is 0.894. The van der Waals surface area contributed by atoms with Gasteiger partial charge in [0.1, 0.15) is 17.3 Å². The first-order chi connectivity index (χ1) is 8.67. The summed E-state index contributed by atoms with van der Waals surface area (Å²) in [6.45, 7) is 7.23. The van der Waals surface area contributed by atoms with Gasteiger partial charge in [0.2, 0.25) is 0 Å². The molecule has 0 amide bonds. The number of hydrogen-bond donors (Lipinski definition) is 1. The second-order valence-electron chi connectivity index (χ2n) is 4.62. The van der Waals surface area contributed by atoms with Crippen LogP contribution in [0.4, 0.5) is 5.82 Å². The Hall–Kier alpha value is -1.77. The van der Waals surface area contributed by atoms with Gasteiger partial charge in [-0.25, -0.2) is 4.98 Å². The van der Waals surface area contributed by atoms with Crippen molar-refractivity contribution >= 4 is 5.82 Å². The summed E-state index contributed by atoms with van der Waals surface area (Å²) < 4.78 is 2.11. The number of nitrogens with two attached hydrogens (primary N) is 1. The minimum absolute atomic E-state index is 0.782. The molecule has 0 saturated carbocycles. The van der Waals surface area contributed by atoms with Gasteiger partial charge in [0.25, 0.3) is 0 Å². The van der Waals surface area contributed by atoms with Crippen molar-refractivity contribution in [3.63, 3.8) is 0 Å². The molecule has 1 heterocycles. The molecule has 18 heavy (non-hydrogen) atoms. The van der Waals surface area contributed by atoms with Crippen molar-refractivity contribution in [3.8, 4) is 11.3 Å². The molecule has 3 heteroatoms. The van der Waals surface area contributed by atoms with Gasteiger partial charge in [-0.2, -0.15) is 0 Å². The van der Waals surface area contributed by atoms with Crippen molar-refractivity contribution in [1.29, 1.82) is 0 Å². The number of benzene rings is 1. The number of hydrogen-bond acceptors (Lipinski definition) is 2. The van der Waals surface area contributed by atoms with Crippen LogP contribution in [-0.4, -0.2) is 9.55 Å². The molecular formula is C15H21N3. The molecule has 1 aromatic carbocycles. The zero-order chi connectivity index (χ0) is 13.1. The van der Waals surface area contributed by atoms with E-state index < -0.39 is 0 Å². The highest BCUT2D eigenvalue weighted by atomic mass is 15.1. The molecular weight excluding hydrogens is 222 g/mol. The highest BCUT2D eigenvalue weighted by Gasteiger charge is 2.14. The van der Waals surface area contributed by atoms with Gasteiger partial charge in [-0.15, -0.1) is 0 Å². The Morgan fingerprint density at radius 3 is 2.39 bits per heavy atom. The van der Waals surface area contributed by atoms with Crippen LogP contribution in [0.1, 0.15) is 31.7 Å². The number of aryl methyl sites for hydroxylation is 2. The summed E-state index contributed by atoms with van der Waals surface area (Å²) in [4.78, 5) is 4.71. The van der Waals surface area contributed by atoms with E-state index in [0.29, 0.717) is 0 Å². The first-order valence-corrected chi connectivity index (χ1v) is 6.59. The largest absolute Gasteiger partial charge is 0.383 e. The van der Waals surface area contributed by atoms with E-state index in [9.17, 15) is 0 Å². The molecule has 96 valence electrons. The lowest BCUT2D eigenvalue weighted by atomic mass is 10.1. The molecule has 0 aliphatic heterocycles. The summed E-state index contributed by atoms with van der Waals surface area (Å²) in [7, 11) is 0. The van der Waals surface area contributed by atoms with E-state index in [2.05, 4.69) is 49.6 Å². The van der Waals surface area contributed by atoms with Gasteiger partial charge in [-0.05, 0) is 20.3 Å². The fourth-order valence-electron chi connectivity index (χ4n) is 2.20. The number of imidazole rings is 1. The Balaban J connectivity index is 2.47. The molecule has 2 aromatic rings. The zero-order valence-corrected chi connectivity index (χ0v) is 11.4. The van der Waals surface area contributed by atoms with Crippen molar-refractivity contribution in [2.45, 2.75) is 40.2 Å². The molecule has 0 aliphatic carbocycles.